The van der Waals surface area contributed by atoms with Crippen LogP contribution in [0.3, 0.4) is 0 Å². The number of ether oxygens (including phenoxy) is 2. The molecule has 1 aliphatic rings. The maximum atomic E-state index is 12.4. The molecule has 0 aliphatic carbocycles. The van der Waals surface area contributed by atoms with Crippen molar-refractivity contribution in [3.05, 3.63) is 69.6 Å². The number of hydrogen-bond acceptors (Lipinski definition) is 5. The standard InChI is InChI=1S/C19H14ClN3O4/c20-12-3-1-11(2-4-12)17-21-10-14(19(25)23-17)18(24)22-13-5-6-15-16(9-13)27-8-7-26-15/h1-6,9-10H,7-8H2,(H,22,24)(H,21,23,25). The van der Waals surface area contributed by atoms with Crippen LogP contribution in [0.1, 0.15) is 10.4 Å². The Balaban J connectivity index is 1.55. The summed E-state index contributed by atoms with van der Waals surface area (Å²) in [4.78, 5) is 31.5. The van der Waals surface area contributed by atoms with E-state index in [9.17, 15) is 9.59 Å². The van der Waals surface area contributed by atoms with Crippen LogP contribution in [0.2, 0.25) is 5.02 Å². The van der Waals surface area contributed by atoms with Gasteiger partial charge in [-0.05, 0) is 36.4 Å². The van der Waals surface area contributed by atoms with Crippen molar-refractivity contribution in [2.75, 3.05) is 18.5 Å². The van der Waals surface area contributed by atoms with E-state index in [1.807, 2.05) is 0 Å². The van der Waals surface area contributed by atoms with Gasteiger partial charge in [-0.15, -0.1) is 0 Å². The van der Waals surface area contributed by atoms with Crippen LogP contribution in [0.4, 0.5) is 5.69 Å². The molecule has 136 valence electrons. The van der Waals surface area contributed by atoms with E-state index in [-0.39, 0.29) is 5.56 Å². The lowest BCUT2D eigenvalue weighted by Crippen LogP contribution is -2.24. The molecule has 2 heterocycles. The molecule has 0 saturated carbocycles. The van der Waals surface area contributed by atoms with E-state index in [0.29, 0.717) is 46.8 Å². The fraction of sp³-hybridized carbons (Fsp3) is 0.105. The first-order chi connectivity index (χ1) is 13.1. The van der Waals surface area contributed by atoms with Crippen LogP contribution in [0.25, 0.3) is 11.4 Å². The lowest BCUT2D eigenvalue weighted by molar-refractivity contribution is 0.102. The van der Waals surface area contributed by atoms with Gasteiger partial charge in [0.1, 0.15) is 24.6 Å². The molecule has 1 aromatic heterocycles. The zero-order valence-electron chi connectivity index (χ0n) is 14.0. The van der Waals surface area contributed by atoms with Crippen LogP contribution < -0.4 is 20.3 Å². The van der Waals surface area contributed by atoms with Gasteiger partial charge in [-0.3, -0.25) is 9.59 Å². The molecule has 0 spiro atoms. The number of hydrogen-bond donors (Lipinski definition) is 2. The Morgan fingerprint density at radius 3 is 2.56 bits per heavy atom. The Bertz CT molecular complexity index is 1060. The van der Waals surface area contributed by atoms with Gasteiger partial charge in [-0.1, -0.05) is 11.6 Å². The van der Waals surface area contributed by atoms with Crippen LogP contribution in [-0.4, -0.2) is 29.1 Å². The smallest absolute Gasteiger partial charge is 0.264 e. The number of halogens is 1. The first-order valence-electron chi connectivity index (χ1n) is 8.16. The lowest BCUT2D eigenvalue weighted by Gasteiger charge is -2.18. The average Bonchev–Trinajstić information content (AvgIpc) is 2.68. The Morgan fingerprint density at radius 2 is 1.81 bits per heavy atom. The quantitative estimate of drug-likeness (QED) is 0.724. The Hall–Kier alpha value is -3.32. The van der Waals surface area contributed by atoms with Gasteiger partial charge in [0.15, 0.2) is 11.5 Å². The maximum Gasteiger partial charge on any atom is 0.264 e. The third kappa shape index (κ3) is 3.63. The first kappa shape index (κ1) is 17.1. The molecular weight excluding hydrogens is 370 g/mol. The normalized spacial score (nSPS) is 12.5. The van der Waals surface area contributed by atoms with Crippen molar-refractivity contribution in [1.82, 2.24) is 9.97 Å². The highest BCUT2D eigenvalue weighted by Crippen LogP contribution is 2.32. The summed E-state index contributed by atoms with van der Waals surface area (Å²) in [6, 6.07) is 11.9. The van der Waals surface area contributed by atoms with E-state index >= 15 is 0 Å². The Labute approximate surface area is 158 Å². The second kappa shape index (κ2) is 7.13. The maximum absolute atomic E-state index is 12.4. The number of nitrogens with one attached hydrogen (secondary N) is 2. The molecular formula is C19H14ClN3O4. The minimum atomic E-state index is -0.567. The number of rotatable bonds is 3. The highest BCUT2D eigenvalue weighted by atomic mass is 35.5. The molecule has 0 unspecified atom stereocenters. The van der Waals surface area contributed by atoms with Gasteiger partial charge in [0.05, 0.1) is 0 Å². The van der Waals surface area contributed by atoms with E-state index in [1.165, 1.54) is 6.20 Å². The summed E-state index contributed by atoms with van der Waals surface area (Å²) in [5.74, 6) is 0.950. The van der Waals surface area contributed by atoms with Gasteiger partial charge >= 0.3 is 0 Å². The second-order valence-electron chi connectivity index (χ2n) is 5.79. The van der Waals surface area contributed by atoms with E-state index in [1.54, 1.807) is 42.5 Å². The Morgan fingerprint density at radius 1 is 1.07 bits per heavy atom. The summed E-state index contributed by atoms with van der Waals surface area (Å²) in [5, 5.41) is 3.24. The van der Waals surface area contributed by atoms with Gasteiger partial charge in [-0.25, -0.2) is 4.98 Å². The highest BCUT2D eigenvalue weighted by molar-refractivity contribution is 6.30. The van der Waals surface area contributed by atoms with E-state index < -0.39 is 11.5 Å². The van der Waals surface area contributed by atoms with Crippen LogP contribution >= 0.6 is 11.6 Å². The molecule has 1 amide bonds. The fourth-order valence-electron chi connectivity index (χ4n) is 2.63. The molecule has 8 heteroatoms. The molecule has 0 bridgehead atoms. The third-order valence-corrected chi connectivity index (χ3v) is 4.21. The van der Waals surface area contributed by atoms with Crippen molar-refractivity contribution in [3.8, 4) is 22.9 Å². The highest BCUT2D eigenvalue weighted by Gasteiger charge is 2.16. The number of amides is 1. The molecule has 27 heavy (non-hydrogen) atoms. The number of H-pyrrole nitrogens is 1. The predicted molar refractivity (Wildman–Crippen MR) is 101 cm³/mol. The number of anilines is 1. The fourth-order valence-corrected chi connectivity index (χ4v) is 2.76. The van der Waals surface area contributed by atoms with Gasteiger partial charge < -0.3 is 19.8 Å². The molecule has 7 nitrogen and oxygen atoms in total. The number of fused-ring (bicyclic) bond motifs is 1. The summed E-state index contributed by atoms with van der Waals surface area (Å²) in [6.45, 7) is 0.930. The molecule has 1 aliphatic heterocycles. The summed E-state index contributed by atoms with van der Waals surface area (Å²) in [7, 11) is 0. The largest absolute Gasteiger partial charge is 0.486 e. The first-order valence-corrected chi connectivity index (χ1v) is 8.54. The van der Waals surface area contributed by atoms with Crippen molar-refractivity contribution < 1.29 is 14.3 Å². The van der Waals surface area contributed by atoms with Crippen LogP contribution in [0, 0.1) is 0 Å². The van der Waals surface area contributed by atoms with Crippen molar-refractivity contribution in [2.45, 2.75) is 0 Å². The van der Waals surface area contributed by atoms with Crippen LogP contribution in [-0.2, 0) is 0 Å². The zero-order chi connectivity index (χ0) is 18.8. The number of benzene rings is 2. The summed E-state index contributed by atoms with van der Waals surface area (Å²) < 4.78 is 10.9. The second-order valence-corrected chi connectivity index (χ2v) is 6.23. The number of carbonyl (C=O) groups excluding carboxylic acids is 1. The minimum absolute atomic E-state index is 0.0948. The number of aromatic amines is 1. The predicted octanol–water partition coefficient (Wildman–Crippen LogP) is 3.11. The molecule has 3 aromatic rings. The lowest BCUT2D eigenvalue weighted by atomic mass is 10.2. The Kier molecular flexibility index (Phi) is 4.52. The van der Waals surface area contributed by atoms with Crippen molar-refractivity contribution in [3.63, 3.8) is 0 Å². The summed E-state index contributed by atoms with van der Waals surface area (Å²) >= 11 is 5.86. The van der Waals surface area contributed by atoms with Crippen molar-refractivity contribution >= 4 is 23.2 Å². The SMILES string of the molecule is O=C(Nc1ccc2c(c1)OCCO2)c1cnc(-c2ccc(Cl)cc2)[nH]c1=O. The van der Waals surface area contributed by atoms with E-state index in [0.717, 1.165) is 0 Å². The average molecular weight is 384 g/mol. The third-order valence-electron chi connectivity index (χ3n) is 3.96. The number of aromatic nitrogens is 2. The van der Waals surface area contributed by atoms with Gasteiger partial charge in [-0.2, -0.15) is 0 Å². The molecule has 0 fully saturated rings. The summed E-state index contributed by atoms with van der Waals surface area (Å²) in [6.07, 6.45) is 1.25. The van der Waals surface area contributed by atoms with Gasteiger partial charge in [0, 0.05) is 28.5 Å². The molecule has 2 aromatic carbocycles. The van der Waals surface area contributed by atoms with Gasteiger partial charge in [0.2, 0.25) is 0 Å². The van der Waals surface area contributed by atoms with E-state index in [4.69, 9.17) is 21.1 Å². The molecule has 2 N–H and O–H groups in total. The molecule has 0 radical (unpaired) electrons. The number of nitrogens with zero attached hydrogens (tertiary/aromatic N) is 1. The topological polar surface area (TPSA) is 93.3 Å². The molecule has 0 atom stereocenters. The van der Waals surface area contributed by atoms with Crippen molar-refractivity contribution in [1.29, 1.82) is 0 Å². The van der Waals surface area contributed by atoms with E-state index in [2.05, 4.69) is 15.3 Å². The summed E-state index contributed by atoms with van der Waals surface area (Å²) in [5.41, 5.74) is 0.549. The van der Waals surface area contributed by atoms with Crippen LogP contribution in [0.15, 0.2) is 53.5 Å². The van der Waals surface area contributed by atoms with Crippen LogP contribution in [0.5, 0.6) is 11.5 Å². The zero-order valence-corrected chi connectivity index (χ0v) is 14.7. The van der Waals surface area contributed by atoms with Crippen molar-refractivity contribution in [2.24, 2.45) is 0 Å². The number of carbonyl (C=O) groups is 1. The monoisotopic (exact) mass is 383 g/mol. The molecule has 0 saturated heterocycles. The molecule has 4 rings (SSSR count). The van der Waals surface area contributed by atoms with Gasteiger partial charge in [0.25, 0.3) is 11.5 Å². The minimum Gasteiger partial charge on any atom is -0.486 e.